The molecular formula is C11H29O7PSi2. The van der Waals surface area contributed by atoms with Crippen LogP contribution in [0.25, 0.3) is 0 Å². The van der Waals surface area contributed by atoms with Gasteiger partial charge in [-0.1, -0.05) is 0 Å². The van der Waals surface area contributed by atoms with E-state index in [2.05, 4.69) is 4.89 Å². The van der Waals surface area contributed by atoms with Crippen molar-refractivity contribution in [1.29, 1.82) is 0 Å². The quantitative estimate of drug-likeness (QED) is 0.228. The Hall–Kier alpha value is 0.424. The Bertz CT molecular complexity index is 313. The van der Waals surface area contributed by atoms with Crippen LogP contribution in [0.1, 0.15) is 0 Å². The normalized spacial score (nSPS) is 13.7. The van der Waals surface area contributed by atoms with Crippen molar-refractivity contribution in [2.45, 2.75) is 38.3 Å². The summed E-state index contributed by atoms with van der Waals surface area (Å²) in [6.07, 6.45) is 0. The fraction of sp³-hybridized carbons (Fsp3) is 1.00. The molecule has 21 heavy (non-hydrogen) atoms. The standard InChI is InChI=1S/C11H29O7PSi2/c1-13-8-10-20(4,5)17-19(12,16-15-3)18-21(6,7)11-9-14-2/h8-11H2,1-7H3. The van der Waals surface area contributed by atoms with Crippen LogP contribution in [0.2, 0.25) is 38.3 Å². The van der Waals surface area contributed by atoms with Gasteiger partial charge in [-0.3, -0.25) is 0 Å². The molecule has 0 aromatic heterocycles. The second-order valence-corrected chi connectivity index (χ2v) is 16.4. The van der Waals surface area contributed by atoms with Crippen molar-refractivity contribution in [1.82, 2.24) is 0 Å². The molecule has 0 aliphatic carbocycles. The minimum atomic E-state index is -3.75. The highest BCUT2D eigenvalue weighted by atomic mass is 31.2. The third-order valence-electron chi connectivity index (χ3n) is 2.70. The van der Waals surface area contributed by atoms with Crippen LogP contribution in [0.4, 0.5) is 0 Å². The first-order valence-electron chi connectivity index (χ1n) is 6.81. The summed E-state index contributed by atoms with van der Waals surface area (Å²) in [5, 5.41) is 0. The van der Waals surface area contributed by atoms with Gasteiger partial charge in [0.15, 0.2) is 0 Å². The predicted molar refractivity (Wildman–Crippen MR) is 86.2 cm³/mol. The molecule has 0 aromatic carbocycles. The third-order valence-corrected chi connectivity index (χ3v) is 11.6. The van der Waals surface area contributed by atoms with E-state index in [1.807, 2.05) is 26.2 Å². The van der Waals surface area contributed by atoms with Crippen molar-refractivity contribution in [3.63, 3.8) is 0 Å². The molecule has 0 unspecified atom stereocenters. The zero-order valence-electron chi connectivity index (χ0n) is 14.1. The van der Waals surface area contributed by atoms with Crippen LogP contribution in [-0.2, 0) is 32.0 Å². The van der Waals surface area contributed by atoms with Gasteiger partial charge < -0.3 is 17.9 Å². The van der Waals surface area contributed by atoms with E-state index in [0.29, 0.717) is 25.3 Å². The topological polar surface area (TPSA) is 72.5 Å². The lowest BCUT2D eigenvalue weighted by atomic mass is 10.9. The summed E-state index contributed by atoms with van der Waals surface area (Å²) in [7, 11) is -3.74. The van der Waals surface area contributed by atoms with E-state index in [-0.39, 0.29) is 0 Å². The molecule has 0 saturated heterocycles. The number of rotatable bonds is 12. The van der Waals surface area contributed by atoms with Crippen LogP contribution < -0.4 is 0 Å². The molecule has 0 atom stereocenters. The van der Waals surface area contributed by atoms with E-state index in [9.17, 15) is 4.57 Å². The first kappa shape index (κ1) is 21.4. The lowest BCUT2D eigenvalue weighted by Gasteiger charge is -2.31. The summed E-state index contributed by atoms with van der Waals surface area (Å²) in [4.78, 5) is 4.58. The average molecular weight is 360 g/mol. The highest BCUT2D eigenvalue weighted by molar-refractivity contribution is 7.52. The van der Waals surface area contributed by atoms with Crippen LogP contribution in [0.15, 0.2) is 0 Å². The minimum absolute atomic E-state index is 0.538. The zero-order chi connectivity index (χ0) is 16.6. The van der Waals surface area contributed by atoms with Crippen LogP contribution in [0.5, 0.6) is 0 Å². The van der Waals surface area contributed by atoms with Crippen LogP contribution in [0.3, 0.4) is 0 Å². The average Bonchev–Trinajstić information content (AvgIpc) is 2.32. The molecule has 128 valence electrons. The van der Waals surface area contributed by atoms with E-state index < -0.39 is 24.5 Å². The summed E-state index contributed by atoms with van der Waals surface area (Å²) >= 11 is 0. The molecule has 0 bridgehead atoms. The van der Waals surface area contributed by atoms with Gasteiger partial charge in [0.25, 0.3) is 0 Å². The third kappa shape index (κ3) is 9.93. The fourth-order valence-electron chi connectivity index (χ4n) is 1.53. The van der Waals surface area contributed by atoms with Crippen LogP contribution in [-0.4, -0.2) is 51.2 Å². The molecule has 0 radical (unpaired) electrons. The number of phosphoric acid groups is 1. The molecule has 0 heterocycles. The van der Waals surface area contributed by atoms with Gasteiger partial charge in [-0.25, -0.2) is 9.45 Å². The van der Waals surface area contributed by atoms with E-state index in [4.69, 9.17) is 22.6 Å². The smallest absolute Gasteiger partial charge is 0.385 e. The molecular weight excluding hydrogens is 331 g/mol. The summed E-state index contributed by atoms with van der Waals surface area (Å²) < 4.78 is 39.2. The lowest BCUT2D eigenvalue weighted by Crippen LogP contribution is -2.35. The van der Waals surface area contributed by atoms with Crippen molar-refractivity contribution in [3.8, 4) is 0 Å². The number of hydrogen-bond acceptors (Lipinski definition) is 7. The van der Waals surface area contributed by atoms with Crippen molar-refractivity contribution in [3.05, 3.63) is 0 Å². The van der Waals surface area contributed by atoms with Gasteiger partial charge in [0.05, 0.1) is 7.11 Å². The maximum atomic E-state index is 12.8. The monoisotopic (exact) mass is 360 g/mol. The molecule has 0 aliphatic heterocycles. The van der Waals surface area contributed by atoms with Gasteiger partial charge in [-0.05, 0) is 38.3 Å². The largest absolute Gasteiger partial charge is 0.482 e. The molecule has 0 aromatic rings. The Kier molecular flexibility index (Phi) is 9.73. The Morgan fingerprint density at radius 1 is 0.810 bits per heavy atom. The fourth-order valence-corrected chi connectivity index (χ4v) is 9.41. The molecule has 0 N–H and O–H groups in total. The summed E-state index contributed by atoms with van der Waals surface area (Å²) in [5.74, 6) is 0. The van der Waals surface area contributed by atoms with Crippen molar-refractivity contribution >= 4 is 24.5 Å². The first-order chi connectivity index (χ1) is 9.60. The van der Waals surface area contributed by atoms with Gasteiger partial charge in [0.2, 0.25) is 16.6 Å². The Morgan fingerprint density at radius 3 is 1.48 bits per heavy atom. The van der Waals surface area contributed by atoms with Crippen molar-refractivity contribution < 1.29 is 32.0 Å². The minimum Gasteiger partial charge on any atom is -0.385 e. The molecule has 0 aliphatic rings. The highest BCUT2D eigenvalue weighted by Crippen LogP contribution is 2.54. The molecule has 0 rings (SSSR count). The summed E-state index contributed by atoms with van der Waals surface area (Å²) in [6.45, 7) is 8.82. The summed E-state index contributed by atoms with van der Waals surface area (Å²) in [6, 6.07) is 1.37. The molecule has 0 fully saturated rings. The van der Waals surface area contributed by atoms with E-state index in [0.717, 1.165) is 0 Å². The molecule has 0 spiro atoms. The Labute approximate surface area is 130 Å². The molecule has 7 nitrogen and oxygen atoms in total. The van der Waals surface area contributed by atoms with Gasteiger partial charge in [-0.15, -0.1) is 4.67 Å². The Balaban J connectivity index is 4.86. The van der Waals surface area contributed by atoms with E-state index in [1.165, 1.54) is 7.11 Å². The van der Waals surface area contributed by atoms with Gasteiger partial charge in [0, 0.05) is 27.4 Å². The van der Waals surface area contributed by atoms with Crippen LogP contribution in [0, 0.1) is 0 Å². The maximum Gasteiger partial charge on any atom is 0.482 e. The van der Waals surface area contributed by atoms with Gasteiger partial charge in [0.1, 0.15) is 0 Å². The second kappa shape index (κ2) is 9.54. The van der Waals surface area contributed by atoms with Crippen molar-refractivity contribution in [2.75, 3.05) is 34.5 Å². The second-order valence-electron chi connectivity index (χ2n) is 5.88. The van der Waals surface area contributed by atoms with E-state index in [1.54, 1.807) is 14.2 Å². The highest BCUT2D eigenvalue weighted by Gasteiger charge is 2.42. The number of ether oxygens (including phenoxy) is 2. The van der Waals surface area contributed by atoms with E-state index >= 15 is 0 Å². The maximum absolute atomic E-state index is 12.8. The van der Waals surface area contributed by atoms with Crippen molar-refractivity contribution in [2.24, 2.45) is 0 Å². The molecule has 10 heteroatoms. The Morgan fingerprint density at radius 2 is 1.19 bits per heavy atom. The molecule has 0 amide bonds. The number of hydrogen-bond donors (Lipinski definition) is 0. The SMILES string of the molecule is COCC[Si](C)(C)OP(=O)(OOC)O[Si](C)(C)CCOC. The summed E-state index contributed by atoms with van der Waals surface area (Å²) in [5.41, 5.74) is 0. The predicted octanol–water partition coefficient (Wildman–Crippen LogP) is 3.41. The van der Waals surface area contributed by atoms with Gasteiger partial charge >= 0.3 is 7.82 Å². The lowest BCUT2D eigenvalue weighted by molar-refractivity contribution is -0.193. The first-order valence-corrected chi connectivity index (χ1v) is 14.5. The zero-order valence-corrected chi connectivity index (χ0v) is 17.0. The molecule has 0 saturated carbocycles. The van der Waals surface area contributed by atoms with Crippen LogP contribution >= 0.6 is 7.82 Å². The van der Waals surface area contributed by atoms with Gasteiger partial charge in [-0.2, -0.15) is 0 Å². The number of methoxy groups -OCH3 is 2.